The van der Waals surface area contributed by atoms with Gasteiger partial charge in [-0.15, -0.1) is 34.2 Å². The Hall–Kier alpha value is -1.43. The molecule has 1 atom stereocenters. The summed E-state index contributed by atoms with van der Waals surface area (Å²) in [6.07, 6.45) is 7.42. The molecule has 2 N–H and O–H groups in total. The number of sulfone groups is 1. The van der Waals surface area contributed by atoms with Crippen molar-refractivity contribution in [3.8, 4) is 0 Å². The summed E-state index contributed by atoms with van der Waals surface area (Å²) in [5.74, 6) is 2.24. The van der Waals surface area contributed by atoms with Gasteiger partial charge in [0.2, 0.25) is 0 Å². The predicted octanol–water partition coefficient (Wildman–Crippen LogP) is 1.76. The lowest BCUT2D eigenvalue weighted by atomic mass is 10.1. The van der Waals surface area contributed by atoms with Crippen LogP contribution in [0.2, 0.25) is 0 Å². The second kappa shape index (κ2) is 9.38. The molecule has 0 aromatic carbocycles. The van der Waals surface area contributed by atoms with Crippen LogP contribution in [0.15, 0.2) is 29.4 Å². The van der Waals surface area contributed by atoms with E-state index < -0.39 is 9.84 Å². The standard InChI is InChI=1S/C18H26N6O2S.HI/c25-27(26)10-8-14(13-27)11-19-18(21-15-5-1-2-6-15)20-12-17-23-22-16-7-3-4-9-24(16)17;/h3-4,7,9,14-15H,1-2,5-6,8,10-13H2,(H2,19,20,21);1H. The average molecular weight is 518 g/mol. The van der Waals surface area contributed by atoms with Crippen LogP contribution in [0.5, 0.6) is 0 Å². The lowest BCUT2D eigenvalue weighted by Gasteiger charge is -2.19. The second-order valence-electron chi connectivity index (χ2n) is 7.49. The van der Waals surface area contributed by atoms with Crippen LogP contribution >= 0.6 is 24.0 Å². The maximum Gasteiger partial charge on any atom is 0.191 e. The number of aromatic nitrogens is 3. The van der Waals surface area contributed by atoms with Crippen LogP contribution in [-0.2, 0) is 16.4 Å². The van der Waals surface area contributed by atoms with Gasteiger partial charge in [0.1, 0.15) is 6.54 Å². The summed E-state index contributed by atoms with van der Waals surface area (Å²) >= 11 is 0. The number of hydrogen-bond acceptors (Lipinski definition) is 5. The third-order valence-corrected chi connectivity index (χ3v) is 7.18. The van der Waals surface area contributed by atoms with Crippen LogP contribution in [0.25, 0.3) is 5.65 Å². The van der Waals surface area contributed by atoms with E-state index in [1.165, 1.54) is 12.8 Å². The lowest BCUT2D eigenvalue weighted by Crippen LogP contribution is -2.44. The van der Waals surface area contributed by atoms with E-state index in [0.717, 1.165) is 36.7 Å². The van der Waals surface area contributed by atoms with Gasteiger partial charge in [-0.1, -0.05) is 18.9 Å². The van der Waals surface area contributed by atoms with E-state index in [0.29, 0.717) is 24.9 Å². The molecule has 2 fully saturated rings. The minimum Gasteiger partial charge on any atom is -0.356 e. The zero-order valence-corrected chi connectivity index (χ0v) is 18.9. The molecule has 3 heterocycles. The minimum atomic E-state index is -2.86. The largest absolute Gasteiger partial charge is 0.356 e. The van der Waals surface area contributed by atoms with Gasteiger partial charge in [-0.25, -0.2) is 13.4 Å². The van der Waals surface area contributed by atoms with E-state index in [4.69, 9.17) is 4.99 Å². The van der Waals surface area contributed by atoms with Crippen molar-refractivity contribution in [2.45, 2.75) is 44.7 Å². The van der Waals surface area contributed by atoms with E-state index in [2.05, 4.69) is 20.8 Å². The zero-order chi connectivity index (χ0) is 18.7. The Balaban J connectivity index is 0.00000225. The van der Waals surface area contributed by atoms with Crippen molar-refractivity contribution < 1.29 is 8.42 Å². The number of nitrogens with one attached hydrogen (secondary N) is 2. The van der Waals surface area contributed by atoms with E-state index in [1.54, 1.807) is 0 Å². The summed E-state index contributed by atoms with van der Waals surface area (Å²) in [4.78, 5) is 4.70. The van der Waals surface area contributed by atoms with Crippen LogP contribution in [0.1, 0.15) is 37.9 Å². The molecule has 0 spiro atoms. The first-order valence-electron chi connectivity index (χ1n) is 9.63. The molecule has 154 valence electrons. The molecule has 0 radical (unpaired) electrons. The van der Waals surface area contributed by atoms with E-state index in [9.17, 15) is 8.42 Å². The van der Waals surface area contributed by atoms with Crippen molar-refractivity contribution in [2.24, 2.45) is 10.9 Å². The lowest BCUT2D eigenvalue weighted by molar-refractivity contribution is 0.553. The maximum atomic E-state index is 11.7. The summed E-state index contributed by atoms with van der Waals surface area (Å²) in [5, 5.41) is 15.2. The predicted molar refractivity (Wildman–Crippen MR) is 120 cm³/mol. The molecule has 8 nitrogen and oxygen atoms in total. The molecule has 0 bridgehead atoms. The molecular weight excluding hydrogens is 491 g/mol. The molecule has 28 heavy (non-hydrogen) atoms. The fourth-order valence-electron chi connectivity index (χ4n) is 3.84. The zero-order valence-electron chi connectivity index (χ0n) is 15.7. The van der Waals surface area contributed by atoms with Gasteiger partial charge in [-0.2, -0.15) is 0 Å². The number of halogens is 1. The number of guanidine groups is 1. The van der Waals surface area contributed by atoms with Crippen LogP contribution in [-0.4, -0.2) is 53.1 Å². The Morgan fingerprint density at radius 1 is 1.21 bits per heavy atom. The number of nitrogens with zero attached hydrogens (tertiary/aromatic N) is 4. The van der Waals surface area contributed by atoms with Gasteiger partial charge in [0.25, 0.3) is 0 Å². The Labute approximate surface area is 182 Å². The molecule has 1 aliphatic heterocycles. The Morgan fingerprint density at radius 3 is 2.79 bits per heavy atom. The van der Waals surface area contributed by atoms with Gasteiger partial charge < -0.3 is 10.6 Å². The van der Waals surface area contributed by atoms with Gasteiger partial charge in [0.15, 0.2) is 27.3 Å². The third-order valence-electron chi connectivity index (χ3n) is 5.34. The van der Waals surface area contributed by atoms with Crippen molar-refractivity contribution in [3.05, 3.63) is 30.2 Å². The van der Waals surface area contributed by atoms with Crippen molar-refractivity contribution in [1.82, 2.24) is 25.2 Å². The highest BCUT2D eigenvalue weighted by Crippen LogP contribution is 2.19. The molecule has 1 unspecified atom stereocenters. The van der Waals surface area contributed by atoms with Crippen molar-refractivity contribution in [3.63, 3.8) is 0 Å². The van der Waals surface area contributed by atoms with Gasteiger partial charge in [-0.05, 0) is 37.3 Å². The molecular formula is C18H27IN6O2S. The first-order chi connectivity index (χ1) is 13.1. The molecule has 10 heteroatoms. The normalized spacial score (nSPS) is 22.3. The van der Waals surface area contributed by atoms with Gasteiger partial charge in [0.05, 0.1) is 11.5 Å². The van der Waals surface area contributed by atoms with Crippen molar-refractivity contribution >= 4 is 45.4 Å². The minimum absolute atomic E-state index is 0. The van der Waals surface area contributed by atoms with E-state index in [1.807, 2.05) is 28.8 Å². The van der Waals surface area contributed by atoms with Crippen LogP contribution < -0.4 is 10.6 Å². The summed E-state index contributed by atoms with van der Waals surface area (Å²) in [5.41, 5.74) is 0.803. The number of pyridine rings is 1. The molecule has 1 saturated heterocycles. The highest BCUT2D eigenvalue weighted by molar-refractivity contribution is 14.0. The quantitative estimate of drug-likeness (QED) is 0.356. The maximum absolute atomic E-state index is 11.7. The molecule has 2 aromatic rings. The molecule has 1 saturated carbocycles. The number of aliphatic imine (C=N–C) groups is 1. The number of hydrogen-bond donors (Lipinski definition) is 2. The molecule has 2 aromatic heterocycles. The Bertz CT molecular complexity index is 923. The summed E-state index contributed by atoms with van der Waals surface area (Å²) in [7, 11) is -2.86. The van der Waals surface area contributed by atoms with Crippen molar-refractivity contribution in [2.75, 3.05) is 18.1 Å². The Morgan fingerprint density at radius 2 is 2.04 bits per heavy atom. The third kappa shape index (κ3) is 5.34. The van der Waals surface area contributed by atoms with Crippen LogP contribution in [0.4, 0.5) is 0 Å². The number of rotatable bonds is 5. The topological polar surface area (TPSA) is 101 Å². The monoisotopic (exact) mass is 518 g/mol. The molecule has 4 rings (SSSR count). The first-order valence-corrected chi connectivity index (χ1v) is 11.5. The van der Waals surface area contributed by atoms with E-state index in [-0.39, 0.29) is 35.6 Å². The summed E-state index contributed by atoms with van der Waals surface area (Å²) in [6.45, 7) is 1.04. The highest BCUT2D eigenvalue weighted by atomic mass is 127. The van der Waals surface area contributed by atoms with Crippen LogP contribution in [0.3, 0.4) is 0 Å². The molecule has 1 aliphatic carbocycles. The molecule has 2 aliphatic rings. The van der Waals surface area contributed by atoms with E-state index >= 15 is 0 Å². The fraction of sp³-hybridized carbons (Fsp3) is 0.611. The van der Waals surface area contributed by atoms with Gasteiger partial charge >= 0.3 is 0 Å². The Kier molecular flexibility index (Phi) is 7.13. The average Bonchev–Trinajstić information content (AvgIpc) is 3.37. The van der Waals surface area contributed by atoms with Gasteiger partial charge in [-0.3, -0.25) is 4.40 Å². The summed E-state index contributed by atoms with van der Waals surface area (Å²) < 4.78 is 25.3. The molecule has 0 amide bonds. The summed E-state index contributed by atoms with van der Waals surface area (Å²) in [6, 6.07) is 6.22. The second-order valence-corrected chi connectivity index (χ2v) is 9.71. The smallest absolute Gasteiger partial charge is 0.191 e. The highest BCUT2D eigenvalue weighted by Gasteiger charge is 2.28. The van der Waals surface area contributed by atoms with Crippen molar-refractivity contribution in [1.29, 1.82) is 0 Å². The van der Waals surface area contributed by atoms with Crippen LogP contribution in [0, 0.1) is 5.92 Å². The number of fused-ring (bicyclic) bond motifs is 1. The SMILES string of the molecule is I.O=S1(=O)CCC(CNC(=NCc2nnc3ccccn23)NC2CCCC2)C1. The van der Waals surface area contributed by atoms with Gasteiger partial charge in [0, 0.05) is 18.8 Å². The fourth-order valence-corrected chi connectivity index (χ4v) is 5.70. The first kappa shape index (κ1) is 21.3.